The van der Waals surface area contributed by atoms with Crippen molar-refractivity contribution in [2.75, 3.05) is 5.32 Å². The molecular weight excluding hydrogens is 262 g/mol. The zero-order chi connectivity index (χ0) is 14.5. The summed E-state index contributed by atoms with van der Waals surface area (Å²) in [6, 6.07) is 17.1. The third-order valence-electron chi connectivity index (χ3n) is 3.16. The van der Waals surface area contributed by atoms with E-state index in [0.29, 0.717) is 12.4 Å². The first-order valence-corrected chi connectivity index (χ1v) is 6.71. The fourth-order valence-electron chi connectivity index (χ4n) is 2.01. The van der Waals surface area contributed by atoms with E-state index >= 15 is 0 Å². The van der Waals surface area contributed by atoms with E-state index in [2.05, 4.69) is 15.3 Å². The summed E-state index contributed by atoms with van der Waals surface area (Å²) >= 11 is 0. The van der Waals surface area contributed by atoms with E-state index in [-0.39, 0.29) is 5.75 Å². The maximum atomic E-state index is 9.71. The van der Waals surface area contributed by atoms with Crippen molar-refractivity contribution in [3.05, 3.63) is 72.6 Å². The first kappa shape index (κ1) is 13.1. The van der Waals surface area contributed by atoms with Crippen molar-refractivity contribution in [1.82, 2.24) is 9.97 Å². The molecule has 0 aliphatic heterocycles. The highest BCUT2D eigenvalue weighted by Crippen LogP contribution is 2.18. The summed E-state index contributed by atoms with van der Waals surface area (Å²) in [6.07, 6.45) is 3.49. The number of hydrogen-bond donors (Lipinski definition) is 2. The molecule has 0 radical (unpaired) electrons. The molecule has 104 valence electrons. The highest BCUT2D eigenvalue weighted by molar-refractivity contribution is 5.55. The van der Waals surface area contributed by atoms with Gasteiger partial charge in [0.1, 0.15) is 5.75 Å². The van der Waals surface area contributed by atoms with Crippen LogP contribution in [0.3, 0.4) is 0 Å². The quantitative estimate of drug-likeness (QED) is 0.766. The lowest BCUT2D eigenvalue weighted by molar-refractivity contribution is 0.469. The minimum Gasteiger partial charge on any atom is -0.508 e. The van der Waals surface area contributed by atoms with Crippen LogP contribution >= 0.6 is 0 Å². The molecule has 0 saturated carbocycles. The van der Waals surface area contributed by atoms with E-state index < -0.39 is 0 Å². The largest absolute Gasteiger partial charge is 0.508 e. The van der Waals surface area contributed by atoms with Crippen LogP contribution in [0.15, 0.2) is 67.0 Å². The molecule has 4 nitrogen and oxygen atoms in total. The minimum atomic E-state index is 0.284. The third kappa shape index (κ3) is 3.17. The number of hydrogen-bond acceptors (Lipinski definition) is 4. The molecule has 0 bridgehead atoms. The van der Waals surface area contributed by atoms with Crippen molar-refractivity contribution in [1.29, 1.82) is 0 Å². The molecule has 0 unspecified atom stereocenters. The average Bonchev–Trinajstić information content (AvgIpc) is 2.55. The molecular formula is C17H15N3O. The van der Waals surface area contributed by atoms with Crippen molar-refractivity contribution >= 4 is 5.69 Å². The van der Waals surface area contributed by atoms with E-state index in [1.165, 1.54) is 0 Å². The summed E-state index contributed by atoms with van der Waals surface area (Å²) in [5, 5.41) is 12.9. The van der Waals surface area contributed by atoms with Gasteiger partial charge in [-0.25, -0.2) is 9.97 Å². The van der Waals surface area contributed by atoms with Crippen LogP contribution in [-0.4, -0.2) is 15.1 Å². The number of benzene rings is 2. The lowest BCUT2D eigenvalue weighted by atomic mass is 10.2. The van der Waals surface area contributed by atoms with Gasteiger partial charge in [0.05, 0.1) is 18.1 Å². The Kier molecular flexibility index (Phi) is 3.78. The van der Waals surface area contributed by atoms with Crippen LogP contribution in [-0.2, 0) is 6.54 Å². The second kappa shape index (κ2) is 6.05. The fraction of sp³-hybridized carbons (Fsp3) is 0.0588. The first-order valence-electron chi connectivity index (χ1n) is 6.71. The predicted octanol–water partition coefficient (Wildman–Crippen LogP) is 3.46. The molecule has 0 aliphatic carbocycles. The number of nitrogens with one attached hydrogen (secondary N) is 1. The monoisotopic (exact) mass is 277 g/mol. The maximum absolute atomic E-state index is 9.71. The van der Waals surface area contributed by atoms with Crippen LogP contribution in [0.1, 0.15) is 5.56 Å². The Bertz CT molecular complexity index is 712. The molecule has 2 aromatic carbocycles. The SMILES string of the molecule is Oc1ccccc1CNc1cnc(-c2ccccc2)nc1. The van der Waals surface area contributed by atoms with Crippen LogP contribution in [0.4, 0.5) is 5.69 Å². The number of rotatable bonds is 4. The molecule has 0 saturated heterocycles. The van der Waals surface area contributed by atoms with Gasteiger partial charge in [0.15, 0.2) is 5.82 Å². The van der Waals surface area contributed by atoms with Crippen molar-refractivity contribution in [2.24, 2.45) is 0 Å². The van der Waals surface area contributed by atoms with Gasteiger partial charge in [-0.15, -0.1) is 0 Å². The van der Waals surface area contributed by atoms with E-state index in [1.54, 1.807) is 24.5 Å². The molecule has 3 aromatic rings. The van der Waals surface area contributed by atoms with Crippen molar-refractivity contribution < 1.29 is 5.11 Å². The fourth-order valence-corrected chi connectivity index (χ4v) is 2.01. The second-order valence-corrected chi connectivity index (χ2v) is 4.64. The normalized spacial score (nSPS) is 10.3. The lowest BCUT2D eigenvalue weighted by Gasteiger charge is -2.08. The predicted molar refractivity (Wildman–Crippen MR) is 82.9 cm³/mol. The van der Waals surface area contributed by atoms with Crippen LogP contribution in [0.2, 0.25) is 0 Å². The second-order valence-electron chi connectivity index (χ2n) is 4.64. The highest BCUT2D eigenvalue weighted by atomic mass is 16.3. The number of phenols is 1. The Balaban J connectivity index is 1.69. The van der Waals surface area contributed by atoms with Gasteiger partial charge in [-0.2, -0.15) is 0 Å². The van der Waals surface area contributed by atoms with Crippen molar-refractivity contribution in [2.45, 2.75) is 6.54 Å². The minimum absolute atomic E-state index is 0.284. The van der Waals surface area contributed by atoms with Crippen molar-refractivity contribution in [3.8, 4) is 17.1 Å². The summed E-state index contributed by atoms with van der Waals surface area (Å²) in [4.78, 5) is 8.70. The number of aromatic nitrogens is 2. The summed E-state index contributed by atoms with van der Waals surface area (Å²) in [5.41, 5.74) is 2.65. The number of aromatic hydroxyl groups is 1. The molecule has 0 amide bonds. The molecule has 0 aliphatic rings. The molecule has 3 rings (SSSR count). The van der Waals surface area contributed by atoms with Gasteiger partial charge in [0.25, 0.3) is 0 Å². The van der Waals surface area contributed by atoms with E-state index in [0.717, 1.165) is 16.8 Å². The summed E-state index contributed by atoms with van der Waals surface area (Å²) < 4.78 is 0. The van der Waals surface area contributed by atoms with Gasteiger partial charge < -0.3 is 10.4 Å². The third-order valence-corrected chi connectivity index (χ3v) is 3.16. The molecule has 1 aromatic heterocycles. The smallest absolute Gasteiger partial charge is 0.159 e. The summed E-state index contributed by atoms with van der Waals surface area (Å²) in [7, 11) is 0. The maximum Gasteiger partial charge on any atom is 0.159 e. The molecule has 4 heteroatoms. The van der Waals surface area contributed by atoms with Gasteiger partial charge >= 0.3 is 0 Å². The van der Waals surface area contributed by atoms with E-state index in [4.69, 9.17) is 0 Å². The number of anilines is 1. The molecule has 0 atom stereocenters. The van der Waals surface area contributed by atoms with Crippen LogP contribution in [0.25, 0.3) is 11.4 Å². The van der Waals surface area contributed by atoms with Gasteiger partial charge in [-0.3, -0.25) is 0 Å². The number of nitrogens with zero attached hydrogens (tertiary/aromatic N) is 2. The molecule has 21 heavy (non-hydrogen) atoms. The zero-order valence-electron chi connectivity index (χ0n) is 11.4. The summed E-state index contributed by atoms with van der Waals surface area (Å²) in [6.45, 7) is 0.528. The Morgan fingerprint density at radius 1 is 0.857 bits per heavy atom. The molecule has 0 fully saturated rings. The highest BCUT2D eigenvalue weighted by Gasteiger charge is 2.02. The Morgan fingerprint density at radius 3 is 2.24 bits per heavy atom. The van der Waals surface area contributed by atoms with Gasteiger partial charge in [-0.05, 0) is 6.07 Å². The first-order chi connectivity index (χ1) is 10.3. The number of para-hydroxylation sites is 1. The van der Waals surface area contributed by atoms with Crippen LogP contribution in [0.5, 0.6) is 5.75 Å². The summed E-state index contributed by atoms with van der Waals surface area (Å²) in [5.74, 6) is 0.982. The molecule has 2 N–H and O–H groups in total. The standard InChI is InChI=1S/C17H15N3O/c21-16-9-5-4-8-14(16)10-18-15-11-19-17(20-12-15)13-6-2-1-3-7-13/h1-9,11-12,18,21H,10H2. The van der Waals surface area contributed by atoms with Crippen LogP contribution < -0.4 is 5.32 Å². The molecule has 1 heterocycles. The lowest BCUT2D eigenvalue weighted by Crippen LogP contribution is -2.01. The van der Waals surface area contributed by atoms with Crippen LogP contribution in [0, 0.1) is 0 Å². The Hall–Kier alpha value is -2.88. The molecule has 0 spiro atoms. The Labute approximate surface area is 123 Å². The number of phenolic OH excluding ortho intramolecular Hbond substituents is 1. The van der Waals surface area contributed by atoms with Gasteiger partial charge in [0, 0.05) is 17.7 Å². The Morgan fingerprint density at radius 2 is 1.52 bits per heavy atom. The van der Waals surface area contributed by atoms with E-state index in [1.807, 2.05) is 42.5 Å². The topological polar surface area (TPSA) is 58.0 Å². The van der Waals surface area contributed by atoms with Crippen molar-refractivity contribution in [3.63, 3.8) is 0 Å². The van der Waals surface area contributed by atoms with Gasteiger partial charge in [0.2, 0.25) is 0 Å². The zero-order valence-corrected chi connectivity index (χ0v) is 11.4. The average molecular weight is 277 g/mol. The van der Waals surface area contributed by atoms with E-state index in [9.17, 15) is 5.11 Å². The van der Waals surface area contributed by atoms with Gasteiger partial charge in [-0.1, -0.05) is 48.5 Å².